The lowest BCUT2D eigenvalue weighted by Gasteiger charge is -2.12. The molecule has 21 heavy (non-hydrogen) atoms. The van der Waals surface area contributed by atoms with Crippen LogP contribution in [0.1, 0.15) is 36.6 Å². The summed E-state index contributed by atoms with van der Waals surface area (Å²) in [5, 5.41) is 12.9. The number of fused-ring (bicyclic) bond motifs is 1. The number of thiophene rings is 1. The van der Waals surface area contributed by atoms with Crippen LogP contribution in [0.5, 0.6) is 0 Å². The highest BCUT2D eigenvalue weighted by Gasteiger charge is 2.35. The minimum absolute atomic E-state index is 0.00887. The van der Waals surface area contributed by atoms with Crippen molar-refractivity contribution in [1.82, 2.24) is 4.90 Å². The summed E-state index contributed by atoms with van der Waals surface area (Å²) in [6.45, 7) is 0.297. The Morgan fingerprint density at radius 3 is 2.57 bits per heavy atom. The Kier molecular flexibility index (Phi) is 3.31. The van der Waals surface area contributed by atoms with Gasteiger partial charge >= 0.3 is 5.97 Å². The quantitative estimate of drug-likeness (QED) is 0.879. The van der Waals surface area contributed by atoms with Gasteiger partial charge in [-0.15, -0.1) is 0 Å². The van der Waals surface area contributed by atoms with Crippen molar-refractivity contribution in [3.63, 3.8) is 0 Å². The molecule has 2 aromatic rings. The summed E-state index contributed by atoms with van der Waals surface area (Å²) in [5.41, 5.74) is 1.53. The lowest BCUT2D eigenvalue weighted by molar-refractivity contribution is 0.0654. The Bertz CT molecular complexity index is 736. The summed E-state index contributed by atoms with van der Waals surface area (Å²) >= 11 is 1.56. The zero-order valence-electron chi connectivity index (χ0n) is 10.9. The van der Waals surface area contributed by atoms with Crippen molar-refractivity contribution < 1.29 is 19.5 Å². The standard InChI is InChI=1S/C15H11NO4S/c17-13-11-2-1-10(15(19)20)7-12(11)14(18)16(13)5-3-9-4-6-21-8-9/h1-2,4,6-8H,3,5H2,(H,19,20). The van der Waals surface area contributed by atoms with E-state index in [1.54, 1.807) is 11.3 Å². The molecular weight excluding hydrogens is 290 g/mol. The number of hydrogen-bond donors (Lipinski definition) is 1. The highest BCUT2D eigenvalue weighted by Crippen LogP contribution is 2.24. The van der Waals surface area contributed by atoms with E-state index in [9.17, 15) is 14.4 Å². The van der Waals surface area contributed by atoms with Crippen LogP contribution in [-0.2, 0) is 6.42 Å². The fourth-order valence-corrected chi connectivity index (χ4v) is 3.01. The van der Waals surface area contributed by atoms with Crippen LogP contribution in [0.2, 0.25) is 0 Å². The molecule has 1 aliphatic rings. The maximum atomic E-state index is 12.3. The third kappa shape index (κ3) is 2.34. The van der Waals surface area contributed by atoms with E-state index in [0.717, 1.165) is 5.56 Å². The van der Waals surface area contributed by atoms with E-state index in [0.29, 0.717) is 13.0 Å². The molecule has 0 atom stereocenters. The lowest BCUT2D eigenvalue weighted by atomic mass is 10.1. The molecule has 1 aromatic heterocycles. The molecule has 1 aliphatic heterocycles. The molecule has 2 heterocycles. The molecule has 1 aromatic carbocycles. The summed E-state index contributed by atoms with van der Waals surface area (Å²) in [6, 6.07) is 5.96. The van der Waals surface area contributed by atoms with Crippen molar-refractivity contribution in [3.8, 4) is 0 Å². The third-order valence-corrected chi connectivity index (χ3v) is 4.15. The number of hydrogen-bond acceptors (Lipinski definition) is 4. The van der Waals surface area contributed by atoms with Crippen LogP contribution in [0.4, 0.5) is 0 Å². The number of rotatable bonds is 4. The minimum atomic E-state index is -1.12. The predicted octanol–water partition coefficient (Wildman–Crippen LogP) is 2.29. The number of carbonyl (C=O) groups is 3. The molecule has 6 heteroatoms. The normalized spacial score (nSPS) is 13.6. The van der Waals surface area contributed by atoms with Crippen LogP contribution in [0, 0.1) is 0 Å². The average Bonchev–Trinajstić information content (AvgIpc) is 3.06. The molecule has 0 fully saturated rings. The molecule has 0 bridgehead atoms. The number of nitrogens with zero attached hydrogens (tertiary/aromatic N) is 1. The number of benzene rings is 1. The van der Waals surface area contributed by atoms with Crippen LogP contribution in [0.25, 0.3) is 0 Å². The van der Waals surface area contributed by atoms with Crippen molar-refractivity contribution in [2.45, 2.75) is 6.42 Å². The number of imide groups is 1. The molecule has 0 aliphatic carbocycles. The summed E-state index contributed by atoms with van der Waals surface area (Å²) in [7, 11) is 0. The molecule has 3 rings (SSSR count). The van der Waals surface area contributed by atoms with E-state index in [1.807, 2.05) is 16.8 Å². The molecule has 1 N–H and O–H groups in total. The van der Waals surface area contributed by atoms with E-state index in [1.165, 1.54) is 23.1 Å². The molecule has 5 nitrogen and oxygen atoms in total. The third-order valence-electron chi connectivity index (χ3n) is 3.42. The smallest absolute Gasteiger partial charge is 0.335 e. The Hall–Kier alpha value is -2.47. The first kappa shape index (κ1) is 13.5. The summed E-state index contributed by atoms with van der Waals surface area (Å²) in [4.78, 5) is 36.6. The number of carbonyl (C=O) groups excluding carboxylic acids is 2. The molecule has 2 amide bonds. The largest absolute Gasteiger partial charge is 0.478 e. The second kappa shape index (κ2) is 5.14. The summed E-state index contributed by atoms with van der Waals surface area (Å²) in [6.07, 6.45) is 0.598. The van der Waals surface area contributed by atoms with Gasteiger partial charge in [0.15, 0.2) is 0 Å². The van der Waals surface area contributed by atoms with E-state index in [4.69, 9.17) is 5.11 Å². The molecule has 0 saturated heterocycles. The van der Waals surface area contributed by atoms with Gasteiger partial charge in [-0.1, -0.05) is 0 Å². The first-order chi connectivity index (χ1) is 10.1. The van der Waals surface area contributed by atoms with Crippen LogP contribution in [-0.4, -0.2) is 34.3 Å². The van der Waals surface area contributed by atoms with Gasteiger partial charge in [-0.2, -0.15) is 11.3 Å². The van der Waals surface area contributed by atoms with Gasteiger partial charge in [0.2, 0.25) is 0 Å². The monoisotopic (exact) mass is 301 g/mol. The molecule has 0 radical (unpaired) electrons. The molecule has 0 unspecified atom stereocenters. The zero-order valence-corrected chi connectivity index (χ0v) is 11.7. The minimum Gasteiger partial charge on any atom is -0.478 e. The van der Waals surface area contributed by atoms with E-state index in [2.05, 4.69) is 0 Å². The van der Waals surface area contributed by atoms with E-state index < -0.39 is 11.9 Å². The fourth-order valence-electron chi connectivity index (χ4n) is 2.30. The zero-order chi connectivity index (χ0) is 15.0. The van der Waals surface area contributed by atoms with Crippen molar-refractivity contribution in [2.24, 2.45) is 0 Å². The second-order valence-corrected chi connectivity index (χ2v) is 5.49. The number of aromatic carboxylic acids is 1. The van der Waals surface area contributed by atoms with E-state index >= 15 is 0 Å². The SMILES string of the molecule is O=C(O)c1ccc2c(c1)C(=O)N(CCc1ccsc1)C2=O. The Balaban J connectivity index is 1.84. The molecule has 0 spiro atoms. The van der Waals surface area contributed by atoms with Gasteiger partial charge in [0.1, 0.15) is 0 Å². The predicted molar refractivity (Wildman–Crippen MR) is 76.8 cm³/mol. The average molecular weight is 301 g/mol. The molecule has 106 valence electrons. The van der Waals surface area contributed by atoms with Gasteiger partial charge in [0.25, 0.3) is 11.8 Å². The van der Waals surface area contributed by atoms with E-state index in [-0.39, 0.29) is 22.6 Å². The first-order valence-electron chi connectivity index (χ1n) is 6.32. The first-order valence-corrected chi connectivity index (χ1v) is 7.27. The lowest BCUT2D eigenvalue weighted by Crippen LogP contribution is -2.31. The van der Waals surface area contributed by atoms with Gasteiger partial charge in [0.05, 0.1) is 16.7 Å². The maximum Gasteiger partial charge on any atom is 0.335 e. The van der Waals surface area contributed by atoms with Crippen molar-refractivity contribution in [1.29, 1.82) is 0 Å². The van der Waals surface area contributed by atoms with Crippen LogP contribution in [0.3, 0.4) is 0 Å². The van der Waals surface area contributed by atoms with Crippen LogP contribution >= 0.6 is 11.3 Å². The van der Waals surface area contributed by atoms with Gasteiger partial charge in [0, 0.05) is 6.54 Å². The highest BCUT2D eigenvalue weighted by molar-refractivity contribution is 7.07. The Labute approximate surface area is 124 Å². The van der Waals surface area contributed by atoms with Gasteiger partial charge < -0.3 is 5.11 Å². The van der Waals surface area contributed by atoms with Gasteiger partial charge in [-0.05, 0) is 47.0 Å². The maximum absolute atomic E-state index is 12.3. The Morgan fingerprint density at radius 2 is 1.90 bits per heavy atom. The van der Waals surface area contributed by atoms with Gasteiger partial charge in [-0.25, -0.2) is 4.79 Å². The van der Waals surface area contributed by atoms with Crippen molar-refractivity contribution in [3.05, 3.63) is 57.3 Å². The van der Waals surface area contributed by atoms with Crippen LogP contribution in [0.15, 0.2) is 35.0 Å². The van der Waals surface area contributed by atoms with Crippen molar-refractivity contribution in [2.75, 3.05) is 6.54 Å². The summed E-state index contributed by atoms with van der Waals surface area (Å²) < 4.78 is 0. The fraction of sp³-hybridized carbons (Fsp3) is 0.133. The van der Waals surface area contributed by atoms with Crippen molar-refractivity contribution >= 4 is 29.1 Å². The highest BCUT2D eigenvalue weighted by atomic mass is 32.1. The summed E-state index contributed by atoms with van der Waals surface area (Å²) in [5.74, 6) is -1.90. The molecule has 0 saturated carbocycles. The topological polar surface area (TPSA) is 74.7 Å². The number of carboxylic acid groups (broad SMARTS) is 1. The number of carboxylic acids is 1. The van der Waals surface area contributed by atoms with Crippen LogP contribution < -0.4 is 0 Å². The second-order valence-electron chi connectivity index (χ2n) is 4.71. The molecular formula is C15H11NO4S. The van der Waals surface area contributed by atoms with Gasteiger partial charge in [-0.3, -0.25) is 14.5 Å². The number of amides is 2. The Morgan fingerprint density at radius 1 is 1.14 bits per heavy atom.